The highest BCUT2D eigenvalue weighted by molar-refractivity contribution is 6.13. The summed E-state index contributed by atoms with van der Waals surface area (Å²) in [5, 5.41) is 0. The third kappa shape index (κ3) is 3.59. The smallest absolute Gasteiger partial charge is 0.363 e. The molecule has 0 N–H and O–H groups in total. The first kappa shape index (κ1) is 18.4. The number of carbonyl (C=O) groups is 1. The van der Waals surface area contributed by atoms with Gasteiger partial charge in [-0.05, 0) is 24.3 Å². The highest BCUT2D eigenvalue weighted by atomic mass is 19.1. The molecule has 140 valence electrons. The molecule has 6 nitrogen and oxygen atoms in total. The molecule has 0 bridgehead atoms. The number of hydrogen-bond acceptors (Lipinski definition) is 6. The van der Waals surface area contributed by atoms with Crippen molar-refractivity contribution in [3.63, 3.8) is 0 Å². The topological polar surface area (TPSA) is 66.3 Å². The van der Waals surface area contributed by atoms with Crippen LogP contribution in [0.4, 0.5) is 8.78 Å². The van der Waals surface area contributed by atoms with Gasteiger partial charge in [0.1, 0.15) is 17.4 Å². The Morgan fingerprint density at radius 2 is 1.63 bits per heavy atom. The van der Waals surface area contributed by atoms with Gasteiger partial charge in [-0.3, -0.25) is 0 Å². The average molecular weight is 375 g/mol. The molecule has 0 amide bonds. The molecule has 0 fully saturated rings. The Morgan fingerprint density at radius 3 is 2.26 bits per heavy atom. The number of methoxy groups -OCH3 is 3. The normalized spacial score (nSPS) is 14.8. The molecule has 2 aromatic carbocycles. The van der Waals surface area contributed by atoms with Crippen LogP contribution in [0.15, 0.2) is 41.0 Å². The van der Waals surface area contributed by atoms with Crippen molar-refractivity contribution < 1.29 is 32.5 Å². The van der Waals surface area contributed by atoms with E-state index in [1.165, 1.54) is 27.4 Å². The van der Waals surface area contributed by atoms with E-state index >= 15 is 0 Å². The summed E-state index contributed by atoms with van der Waals surface area (Å²) >= 11 is 0. The third-order valence-corrected chi connectivity index (χ3v) is 3.81. The number of halogens is 2. The summed E-state index contributed by atoms with van der Waals surface area (Å²) < 4.78 is 47.7. The summed E-state index contributed by atoms with van der Waals surface area (Å²) in [6.07, 6.45) is 1.41. The number of ether oxygens (including phenoxy) is 4. The average Bonchev–Trinajstić information content (AvgIpc) is 3.01. The van der Waals surface area contributed by atoms with Gasteiger partial charge in [-0.2, -0.15) is 0 Å². The molecule has 1 heterocycles. The fraction of sp³-hybridized carbons (Fsp3) is 0.158. The van der Waals surface area contributed by atoms with Crippen LogP contribution < -0.4 is 14.2 Å². The maximum absolute atomic E-state index is 13.9. The van der Waals surface area contributed by atoms with Crippen LogP contribution in [0, 0.1) is 11.6 Å². The second-order valence-corrected chi connectivity index (χ2v) is 5.41. The molecule has 0 radical (unpaired) electrons. The van der Waals surface area contributed by atoms with Gasteiger partial charge >= 0.3 is 5.97 Å². The monoisotopic (exact) mass is 375 g/mol. The number of benzene rings is 2. The summed E-state index contributed by atoms with van der Waals surface area (Å²) in [5.41, 5.74) is 0.290. The van der Waals surface area contributed by atoms with Crippen LogP contribution in [-0.2, 0) is 9.53 Å². The number of aliphatic imine (C=N–C) groups is 1. The van der Waals surface area contributed by atoms with Crippen molar-refractivity contribution in [2.75, 3.05) is 21.3 Å². The van der Waals surface area contributed by atoms with Crippen molar-refractivity contribution in [3.05, 3.63) is 58.8 Å². The zero-order chi connectivity index (χ0) is 19.6. The van der Waals surface area contributed by atoms with Crippen LogP contribution in [0.5, 0.6) is 17.2 Å². The molecule has 0 spiro atoms. The Kier molecular flexibility index (Phi) is 5.07. The summed E-state index contributed by atoms with van der Waals surface area (Å²) in [7, 11) is 4.41. The number of esters is 1. The van der Waals surface area contributed by atoms with E-state index in [4.69, 9.17) is 18.9 Å². The SMILES string of the molecule is COc1cc(OC)c(OC)cc1C=C1N=C(c2ccc(F)cc2F)OC1=O. The van der Waals surface area contributed by atoms with Gasteiger partial charge in [0.2, 0.25) is 5.90 Å². The minimum atomic E-state index is -0.883. The Hall–Kier alpha value is -3.42. The van der Waals surface area contributed by atoms with Gasteiger partial charge in [-0.1, -0.05) is 0 Å². The van der Waals surface area contributed by atoms with Crippen molar-refractivity contribution in [3.8, 4) is 17.2 Å². The first-order valence-electron chi connectivity index (χ1n) is 7.74. The van der Waals surface area contributed by atoms with Gasteiger partial charge in [0.25, 0.3) is 0 Å². The van der Waals surface area contributed by atoms with Crippen molar-refractivity contribution in [1.82, 2.24) is 0 Å². The summed E-state index contributed by atoms with van der Waals surface area (Å²) in [6.45, 7) is 0. The molecule has 0 aliphatic carbocycles. The zero-order valence-electron chi connectivity index (χ0n) is 14.7. The number of nitrogens with zero attached hydrogens (tertiary/aromatic N) is 1. The molecular formula is C19H15F2NO5. The lowest BCUT2D eigenvalue weighted by atomic mass is 10.1. The summed E-state index contributed by atoms with van der Waals surface area (Å²) in [5.74, 6) is -1.37. The first-order valence-corrected chi connectivity index (χ1v) is 7.74. The van der Waals surface area contributed by atoms with E-state index in [1.807, 2.05) is 0 Å². The van der Waals surface area contributed by atoms with Crippen LogP contribution in [0.2, 0.25) is 0 Å². The van der Waals surface area contributed by atoms with E-state index in [1.54, 1.807) is 12.1 Å². The maximum Gasteiger partial charge on any atom is 0.363 e. The van der Waals surface area contributed by atoms with Gasteiger partial charge in [-0.15, -0.1) is 0 Å². The molecule has 27 heavy (non-hydrogen) atoms. The van der Waals surface area contributed by atoms with Crippen LogP contribution in [0.3, 0.4) is 0 Å². The fourth-order valence-electron chi connectivity index (χ4n) is 2.50. The molecule has 0 aromatic heterocycles. The first-order chi connectivity index (χ1) is 13.0. The molecule has 0 saturated heterocycles. The number of hydrogen-bond donors (Lipinski definition) is 0. The minimum Gasteiger partial charge on any atom is -0.496 e. The quantitative estimate of drug-likeness (QED) is 0.592. The standard InChI is InChI=1S/C19H15F2NO5/c1-24-15-9-17(26-3)16(25-2)7-10(15)6-14-19(23)27-18(22-14)12-5-4-11(20)8-13(12)21/h4-9H,1-3H3. The van der Waals surface area contributed by atoms with Crippen molar-refractivity contribution in [2.45, 2.75) is 0 Å². The van der Waals surface area contributed by atoms with Crippen molar-refractivity contribution in [1.29, 1.82) is 0 Å². The van der Waals surface area contributed by atoms with Crippen molar-refractivity contribution >= 4 is 17.9 Å². The molecule has 0 atom stereocenters. The lowest BCUT2D eigenvalue weighted by molar-refractivity contribution is -0.129. The molecular weight excluding hydrogens is 360 g/mol. The fourth-order valence-corrected chi connectivity index (χ4v) is 2.50. The van der Waals surface area contributed by atoms with E-state index in [0.717, 1.165) is 12.1 Å². The van der Waals surface area contributed by atoms with Gasteiger partial charge < -0.3 is 18.9 Å². The van der Waals surface area contributed by atoms with Crippen LogP contribution in [0.25, 0.3) is 6.08 Å². The van der Waals surface area contributed by atoms with E-state index in [0.29, 0.717) is 28.9 Å². The predicted octanol–water partition coefficient (Wildman–Crippen LogP) is 3.34. The van der Waals surface area contributed by atoms with E-state index in [-0.39, 0.29) is 17.2 Å². The molecule has 0 unspecified atom stereocenters. The number of carbonyl (C=O) groups excluding carboxylic acids is 1. The van der Waals surface area contributed by atoms with Crippen molar-refractivity contribution in [2.24, 2.45) is 4.99 Å². The van der Waals surface area contributed by atoms with Crippen LogP contribution in [0.1, 0.15) is 11.1 Å². The molecule has 0 saturated carbocycles. The molecule has 8 heteroatoms. The Bertz CT molecular complexity index is 969. The molecule has 1 aliphatic heterocycles. The van der Waals surface area contributed by atoms with Crippen LogP contribution in [-0.4, -0.2) is 33.2 Å². The Balaban J connectivity index is 2.04. The number of cyclic esters (lactones) is 1. The third-order valence-electron chi connectivity index (χ3n) is 3.81. The van der Waals surface area contributed by atoms with Gasteiger partial charge in [0.05, 0.1) is 26.9 Å². The van der Waals surface area contributed by atoms with E-state index in [2.05, 4.69) is 4.99 Å². The predicted molar refractivity (Wildman–Crippen MR) is 93.1 cm³/mol. The lowest BCUT2D eigenvalue weighted by Gasteiger charge is -2.12. The van der Waals surface area contributed by atoms with Crippen LogP contribution >= 0.6 is 0 Å². The van der Waals surface area contributed by atoms with Gasteiger partial charge in [-0.25, -0.2) is 18.6 Å². The zero-order valence-corrected chi connectivity index (χ0v) is 14.7. The van der Waals surface area contributed by atoms with E-state index < -0.39 is 17.6 Å². The second-order valence-electron chi connectivity index (χ2n) is 5.41. The molecule has 2 aromatic rings. The molecule has 1 aliphatic rings. The maximum atomic E-state index is 13.9. The van der Waals surface area contributed by atoms with E-state index in [9.17, 15) is 13.6 Å². The lowest BCUT2D eigenvalue weighted by Crippen LogP contribution is -2.07. The Labute approximate surface area is 153 Å². The van der Waals surface area contributed by atoms with Gasteiger partial charge in [0.15, 0.2) is 17.2 Å². The second kappa shape index (κ2) is 7.45. The highest BCUT2D eigenvalue weighted by Crippen LogP contribution is 2.36. The summed E-state index contributed by atoms with van der Waals surface area (Å²) in [6, 6.07) is 6.08. The minimum absolute atomic E-state index is 0.0701. The Morgan fingerprint density at radius 1 is 0.963 bits per heavy atom. The molecule has 3 rings (SSSR count). The van der Waals surface area contributed by atoms with Gasteiger partial charge in [0, 0.05) is 17.7 Å². The number of rotatable bonds is 5. The summed E-state index contributed by atoms with van der Waals surface area (Å²) in [4.78, 5) is 16.1. The largest absolute Gasteiger partial charge is 0.496 e. The highest BCUT2D eigenvalue weighted by Gasteiger charge is 2.27.